The number of hydrogen-bond donors (Lipinski definition) is 1. The van der Waals surface area contributed by atoms with Gasteiger partial charge in [-0.1, -0.05) is 61.5 Å². The lowest BCUT2D eigenvalue weighted by Crippen LogP contribution is -2.52. The molecule has 2 amide bonds. The zero-order chi connectivity index (χ0) is 22.9. The number of nitrogens with one attached hydrogen (secondary N) is 1. The summed E-state index contributed by atoms with van der Waals surface area (Å²) in [4.78, 5) is 29.2. The molecule has 1 unspecified atom stereocenters. The van der Waals surface area contributed by atoms with E-state index in [9.17, 15) is 9.59 Å². The minimum atomic E-state index is -0.508. The average Bonchev–Trinajstić information content (AvgIpc) is 2.80. The van der Waals surface area contributed by atoms with E-state index in [2.05, 4.69) is 5.32 Å². The topological polar surface area (TPSA) is 49.4 Å². The highest BCUT2D eigenvalue weighted by atomic mass is 35.5. The van der Waals surface area contributed by atoms with Gasteiger partial charge >= 0.3 is 0 Å². The fourth-order valence-electron chi connectivity index (χ4n) is 4.01. The Morgan fingerprint density at radius 1 is 1.00 bits per heavy atom. The van der Waals surface area contributed by atoms with Crippen molar-refractivity contribution in [1.82, 2.24) is 10.2 Å². The molecule has 1 aliphatic carbocycles. The molecule has 1 N–H and O–H groups in total. The second kappa shape index (κ2) is 12.5. The number of carbonyl (C=O) groups excluding carboxylic acids is 2. The average molecular weight is 494 g/mol. The lowest BCUT2D eigenvalue weighted by Gasteiger charge is -2.32. The van der Waals surface area contributed by atoms with Crippen molar-refractivity contribution in [2.24, 2.45) is 0 Å². The highest BCUT2D eigenvalue weighted by molar-refractivity contribution is 8.00. The van der Waals surface area contributed by atoms with Gasteiger partial charge in [-0.2, -0.15) is 0 Å². The maximum Gasteiger partial charge on any atom is 0.243 e. The second-order valence-electron chi connectivity index (χ2n) is 8.16. The molecule has 0 bridgehead atoms. The smallest absolute Gasteiger partial charge is 0.243 e. The molecule has 2 aromatic rings. The van der Waals surface area contributed by atoms with Crippen LogP contribution in [0, 0.1) is 0 Å². The Morgan fingerprint density at radius 2 is 1.59 bits per heavy atom. The van der Waals surface area contributed by atoms with E-state index < -0.39 is 6.04 Å². The van der Waals surface area contributed by atoms with Crippen LogP contribution in [0.1, 0.15) is 51.0 Å². The molecule has 172 valence electrons. The molecule has 1 aliphatic rings. The first-order chi connectivity index (χ1) is 15.5. The molecule has 1 atom stereocenters. The van der Waals surface area contributed by atoms with Crippen molar-refractivity contribution in [3.63, 3.8) is 0 Å². The van der Waals surface area contributed by atoms with E-state index in [0.717, 1.165) is 36.1 Å². The molecule has 4 nitrogen and oxygen atoms in total. The summed E-state index contributed by atoms with van der Waals surface area (Å²) in [7, 11) is 0. The summed E-state index contributed by atoms with van der Waals surface area (Å²) in [6.45, 7) is 2.33. The Hall–Kier alpha value is -1.69. The quantitative estimate of drug-likeness (QED) is 0.415. The molecular weight excluding hydrogens is 463 g/mol. The Balaban J connectivity index is 1.73. The maximum atomic E-state index is 13.3. The highest BCUT2D eigenvalue weighted by Gasteiger charge is 2.30. The van der Waals surface area contributed by atoms with E-state index in [1.54, 1.807) is 4.90 Å². The summed E-state index contributed by atoms with van der Waals surface area (Å²) in [5, 5.41) is 4.51. The molecule has 0 aromatic heterocycles. The fraction of sp³-hybridized carbons (Fsp3) is 0.440. The van der Waals surface area contributed by atoms with Crippen molar-refractivity contribution in [2.45, 2.75) is 69.0 Å². The number of amides is 2. The van der Waals surface area contributed by atoms with E-state index in [0.29, 0.717) is 23.0 Å². The van der Waals surface area contributed by atoms with Crippen molar-refractivity contribution in [3.8, 4) is 0 Å². The van der Waals surface area contributed by atoms with E-state index in [1.165, 1.54) is 18.2 Å². The molecule has 1 fully saturated rings. The first-order valence-corrected chi connectivity index (χ1v) is 12.9. The summed E-state index contributed by atoms with van der Waals surface area (Å²) >= 11 is 13.4. The van der Waals surface area contributed by atoms with Gasteiger partial charge in [-0.25, -0.2) is 0 Å². The van der Waals surface area contributed by atoms with Gasteiger partial charge in [-0.3, -0.25) is 9.59 Å². The lowest BCUT2D eigenvalue weighted by atomic mass is 9.95. The van der Waals surface area contributed by atoms with Gasteiger partial charge in [0.15, 0.2) is 0 Å². The number of nitrogens with zero attached hydrogens (tertiary/aromatic N) is 1. The Labute approximate surface area is 205 Å². The van der Waals surface area contributed by atoms with E-state index >= 15 is 0 Å². The molecule has 3 rings (SSSR count). The van der Waals surface area contributed by atoms with Crippen LogP contribution in [0.15, 0.2) is 53.4 Å². The largest absolute Gasteiger partial charge is 0.352 e. The van der Waals surface area contributed by atoms with Gasteiger partial charge in [-0.05, 0) is 61.2 Å². The van der Waals surface area contributed by atoms with Crippen molar-refractivity contribution < 1.29 is 9.59 Å². The molecule has 0 aliphatic heterocycles. The normalized spacial score (nSPS) is 15.2. The molecule has 0 spiro atoms. The van der Waals surface area contributed by atoms with Gasteiger partial charge in [0.1, 0.15) is 6.04 Å². The third kappa shape index (κ3) is 7.43. The number of hydrogen-bond acceptors (Lipinski definition) is 3. The molecular formula is C25H30Cl2N2O2S. The van der Waals surface area contributed by atoms with E-state index in [1.807, 2.05) is 55.5 Å². The SMILES string of the molecule is CCC(C(=O)NC1CCCCC1)N(Cc1ccc(Cl)cc1)C(=O)CSc1ccc(Cl)cc1. The molecule has 0 radical (unpaired) electrons. The van der Waals surface area contributed by atoms with Gasteiger partial charge in [0, 0.05) is 27.5 Å². The van der Waals surface area contributed by atoms with Crippen LogP contribution in [0.4, 0.5) is 0 Å². The molecule has 32 heavy (non-hydrogen) atoms. The van der Waals surface area contributed by atoms with Crippen molar-refractivity contribution in [1.29, 1.82) is 0 Å². The van der Waals surface area contributed by atoms with Gasteiger partial charge in [0.05, 0.1) is 5.75 Å². The number of halogens is 2. The van der Waals surface area contributed by atoms with Gasteiger partial charge in [0.25, 0.3) is 0 Å². The second-order valence-corrected chi connectivity index (χ2v) is 10.1. The van der Waals surface area contributed by atoms with Gasteiger partial charge < -0.3 is 10.2 Å². The van der Waals surface area contributed by atoms with Crippen LogP contribution in [0.5, 0.6) is 0 Å². The first kappa shape index (κ1) is 24.9. The third-order valence-corrected chi connectivity index (χ3v) is 7.28. The fourth-order valence-corrected chi connectivity index (χ4v) is 5.05. The maximum absolute atomic E-state index is 13.3. The minimum Gasteiger partial charge on any atom is -0.352 e. The zero-order valence-electron chi connectivity index (χ0n) is 18.4. The Kier molecular flexibility index (Phi) is 9.76. The highest BCUT2D eigenvalue weighted by Crippen LogP contribution is 2.23. The van der Waals surface area contributed by atoms with Crippen molar-refractivity contribution >= 4 is 46.8 Å². The lowest BCUT2D eigenvalue weighted by molar-refractivity contribution is -0.139. The molecule has 0 heterocycles. The van der Waals surface area contributed by atoms with Crippen molar-refractivity contribution in [3.05, 3.63) is 64.1 Å². The predicted octanol–water partition coefficient (Wildman–Crippen LogP) is 6.34. The van der Waals surface area contributed by atoms with Crippen molar-refractivity contribution in [2.75, 3.05) is 5.75 Å². The molecule has 2 aromatic carbocycles. The van der Waals surface area contributed by atoms with Crippen LogP contribution >= 0.6 is 35.0 Å². The summed E-state index contributed by atoms with van der Waals surface area (Å²) in [5.74, 6) is 0.131. The van der Waals surface area contributed by atoms with Crippen LogP contribution in [-0.2, 0) is 16.1 Å². The van der Waals surface area contributed by atoms with Crippen LogP contribution in [-0.4, -0.2) is 34.6 Å². The van der Waals surface area contributed by atoms with Gasteiger partial charge in [-0.15, -0.1) is 11.8 Å². The van der Waals surface area contributed by atoms with Crippen LogP contribution in [0.3, 0.4) is 0 Å². The van der Waals surface area contributed by atoms with Crippen LogP contribution in [0.2, 0.25) is 10.0 Å². The molecule has 0 saturated heterocycles. The minimum absolute atomic E-state index is 0.0572. The summed E-state index contributed by atoms with van der Waals surface area (Å²) < 4.78 is 0. The predicted molar refractivity (Wildman–Crippen MR) is 133 cm³/mol. The van der Waals surface area contributed by atoms with E-state index in [4.69, 9.17) is 23.2 Å². The van der Waals surface area contributed by atoms with Gasteiger partial charge in [0.2, 0.25) is 11.8 Å². The zero-order valence-corrected chi connectivity index (χ0v) is 20.7. The Morgan fingerprint density at radius 3 is 2.19 bits per heavy atom. The summed E-state index contributed by atoms with van der Waals surface area (Å²) in [6.07, 6.45) is 6.11. The molecule has 7 heteroatoms. The van der Waals surface area contributed by atoms with E-state index in [-0.39, 0.29) is 23.6 Å². The number of rotatable bonds is 9. The third-order valence-electron chi connectivity index (χ3n) is 5.78. The monoisotopic (exact) mass is 492 g/mol. The number of thioether (sulfide) groups is 1. The van der Waals surface area contributed by atoms with Crippen LogP contribution in [0.25, 0.3) is 0 Å². The first-order valence-electron chi connectivity index (χ1n) is 11.2. The number of carbonyl (C=O) groups is 2. The summed E-state index contributed by atoms with van der Waals surface area (Å²) in [6, 6.07) is 14.6. The summed E-state index contributed by atoms with van der Waals surface area (Å²) in [5.41, 5.74) is 0.947. The standard InChI is InChI=1S/C25H30Cl2N2O2S/c1-2-23(25(31)28-21-6-4-3-5-7-21)29(16-18-8-10-19(26)11-9-18)24(30)17-32-22-14-12-20(27)13-15-22/h8-15,21,23H,2-7,16-17H2,1H3,(H,28,31). The number of benzene rings is 2. The van der Waals surface area contributed by atoms with Crippen LogP contribution < -0.4 is 5.32 Å². The molecule has 1 saturated carbocycles. The Bertz CT molecular complexity index is 884.